The molecule has 1 nitrogen and oxygen atoms in total. The largest absolute Gasteiger partial charge is 0.497 e. The van der Waals surface area contributed by atoms with Crippen LogP contribution in [0.1, 0.15) is 19.4 Å². The van der Waals surface area contributed by atoms with E-state index in [0.29, 0.717) is 13.8 Å². The Morgan fingerprint density at radius 2 is 1.19 bits per heavy atom. The number of halogens is 7. The first-order valence-electron chi connectivity index (χ1n) is 5.76. The molecule has 0 N–H and O–H groups in total. The third kappa shape index (κ3) is 2.67. The van der Waals surface area contributed by atoms with Crippen LogP contribution in [0, 0.1) is 0 Å². The van der Waals surface area contributed by atoms with E-state index in [1.807, 2.05) is 0 Å². The van der Waals surface area contributed by atoms with Gasteiger partial charge < -0.3 is 4.74 Å². The molecule has 0 saturated carbocycles. The number of hydrogen-bond donors (Lipinski definition) is 0. The zero-order valence-electron chi connectivity index (χ0n) is 11.4. The third-order valence-electron chi connectivity index (χ3n) is 3.35. The normalized spacial score (nSPS) is 14.2. The molecule has 21 heavy (non-hydrogen) atoms. The summed E-state index contributed by atoms with van der Waals surface area (Å²) in [4.78, 5) is 0. The molecule has 0 saturated heterocycles. The van der Waals surface area contributed by atoms with Crippen LogP contribution in [0.4, 0.5) is 30.7 Å². The number of alkyl halides is 7. The maximum Gasteiger partial charge on any atom is 0.459 e. The fourth-order valence-electron chi connectivity index (χ4n) is 1.76. The molecule has 0 aliphatic carbocycles. The lowest BCUT2D eigenvalue weighted by atomic mass is 9.75. The predicted molar refractivity (Wildman–Crippen MR) is 62.0 cm³/mol. The molecular weight excluding hydrogens is 305 g/mol. The van der Waals surface area contributed by atoms with E-state index in [1.165, 1.54) is 19.2 Å². The summed E-state index contributed by atoms with van der Waals surface area (Å²) in [5.41, 5.74) is -3.10. The Hall–Kier alpha value is -1.47. The molecule has 0 amide bonds. The monoisotopic (exact) mass is 318 g/mol. The smallest absolute Gasteiger partial charge is 0.459 e. The minimum absolute atomic E-state index is 0.264. The van der Waals surface area contributed by atoms with Gasteiger partial charge in [0.15, 0.2) is 0 Å². The van der Waals surface area contributed by atoms with Crippen LogP contribution in [0.15, 0.2) is 24.3 Å². The Morgan fingerprint density at radius 1 is 0.762 bits per heavy atom. The first-order valence-corrected chi connectivity index (χ1v) is 5.76. The van der Waals surface area contributed by atoms with Crippen molar-refractivity contribution in [2.45, 2.75) is 37.3 Å². The van der Waals surface area contributed by atoms with Crippen molar-refractivity contribution in [3.05, 3.63) is 29.8 Å². The van der Waals surface area contributed by atoms with Crippen molar-refractivity contribution in [2.75, 3.05) is 7.11 Å². The second kappa shape index (κ2) is 5.06. The molecule has 1 rings (SSSR count). The Morgan fingerprint density at radius 3 is 1.52 bits per heavy atom. The van der Waals surface area contributed by atoms with Crippen LogP contribution < -0.4 is 4.74 Å². The molecule has 0 aliphatic rings. The highest BCUT2D eigenvalue weighted by molar-refractivity contribution is 5.34. The fraction of sp³-hybridized carbons (Fsp3) is 0.538. The quantitative estimate of drug-likeness (QED) is 0.724. The number of methoxy groups -OCH3 is 1. The molecule has 0 aliphatic heterocycles. The van der Waals surface area contributed by atoms with Crippen LogP contribution in [0.25, 0.3) is 0 Å². The summed E-state index contributed by atoms with van der Waals surface area (Å²) in [5, 5.41) is 0. The average Bonchev–Trinajstić information content (AvgIpc) is 2.37. The van der Waals surface area contributed by atoms with Gasteiger partial charge in [0.05, 0.1) is 12.5 Å². The van der Waals surface area contributed by atoms with E-state index in [0.717, 1.165) is 12.1 Å². The number of rotatable bonds is 4. The topological polar surface area (TPSA) is 9.23 Å². The standard InChI is InChI=1S/C13H13F7O/c1-10(2,8-4-6-9(21-3)7-5-8)11(14,15)12(16,17)13(18,19)20/h4-7H,1-3H3. The molecule has 8 heteroatoms. The first kappa shape index (κ1) is 17.6. The van der Waals surface area contributed by atoms with E-state index in [4.69, 9.17) is 4.74 Å². The molecule has 0 radical (unpaired) electrons. The third-order valence-corrected chi connectivity index (χ3v) is 3.35. The van der Waals surface area contributed by atoms with Gasteiger partial charge in [-0.25, -0.2) is 0 Å². The Kier molecular flexibility index (Phi) is 4.24. The van der Waals surface area contributed by atoms with Gasteiger partial charge in [0.2, 0.25) is 0 Å². The van der Waals surface area contributed by atoms with Crippen LogP contribution in [0.2, 0.25) is 0 Å². The van der Waals surface area contributed by atoms with Gasteiger partial charge in [0.25, 0.3) is 0 Å². The van der Waals surface area contributed by atoms with E-state index in [9.17, 15) is 30.7 Å². The molecule has 0 fully saturated rings. The van der Waals surface area contributed by atoms with Crippen molar-refractivity contribution in [3.63, 3.8) is 0 Å². The molecule has 0 bridgehead atoms. The predicted octanol–water partition coefficient (Wildman–Crippen LogP) is 4.81. The van der Waals surface area contributed by atoms with Gasteiger partial charge in [-0.1, -0.05) is 12.1 Å². The highest BCUT2D eigenvalue weighted by Crippen LogP contribution is 2.54. The Labute approximate surface area is 116 Å². The van der Waals surface area contributed by atoms with E-state index in [2.05, 4.69) is 0 Å². The first-order chi connectivity index (χ1) is 9.29. The molecule has 0 aromatic heterocycles. The van der Waals surface area contributed by atoms with E-state index in [1.54, 1.807) is 0 Å². The summed E-state index contributed by atoms with van der Waals surface area (Å²) in [6.07, 6.45) is -6.35. The van der Waals surface area contributed by atoms with Gasteiger partial charge >= 0.3 is 18.0 Å². The number of hydrogen-bond acceptors (Lipinski definition) is 1. The zero-order chi connectivity index (χ0) is 16.7. The van der Waals surface area contributed by atoms with Crippen LogP contribution >= 0.6 is 0 Å². The Balaban J connectivity index is 3.32. The number of benzene rings is 1. The van der Waals surface area contributed by atoms with Gasteiger partial charge in [-0.15, -0.1) is 0 Å². The minimum Gasteiger partial charge on any atom is -0.497 e. The fourth-order valence-corrected chi connectivity index (χ4v) is 1.76. The van der Waals surface area contributed by atoms with Crippen molar-refractivity contribution < 1.29 is 35.5 Å². The van der Waals surface area contributed by atoms with Crippen molar-refractivity contribution >= 4 is 0 Å². The van der Waals surface area contributed by atoms with Crippen LogP contribution in [0.3, 0.4) is 0 Å². The maximum atomic E-state index is 13.8. The lowest BCUT2D eigenvalue weighted by molar-refractivity contribution is -0.367. The van der Waals surface area contributed by atoms with Gasteiger partial charge in [0.1, 0.15) is 5.75 Å². The molecule has 120 valence electrons. The molecule has 0 unspecified atom stereocenters. The molecule has 1 aromatic rings. The van der Waals surface area contributed by atoms with Gasteiger partial charge in [-0.3, -0.25) is 0 Å². The van der Waals surface area contributed by atoms with E-state index >= 15 is 0 Å². The van der Waals surface area contributed by atoms with E-state index < -0.39 is 23.4 Å². The summed E-state index contributed by atoms with van der Waals surface area (Å²) >= 11 is 0. The van der Waals surface area contributed by atoms with Crippen molar-refractivity contribution in [3.8, 4) is 5.75 Å². The second-order valence-corrected chi connectivity index (χ2v) is 5.00. The van der Waals surface area contributed by atoms with E-state index in [-0.39, 0.29) is 11.3 Å². The highest BCUT2D eigenvalue weighted by Gasteiger charge is 2.77. The molecule has 1 aromatic carbocycles. The summed E-state index contributed by atoms with van der Waals surface area (Å²) in [6.45, 7) is 1.27. The van der Waals surface area contributed by atoms with Gasteiger partial charge in [-0.05, 0) is 31.5 Å². The SMILES string of the molecule is COc1ccc(C(C)(C)C(F)(F)C(F)(F)C(F)(F)F)cc1. The summed E-state index contributed by atoms with van der Waals surface area (Å²) in [7, 11) is 1.30. The number of ether oxygens (including phenoxy) is 1. The molecule has 0 atom stereocenters. The maximum absolute atomic E-state index is 13.8. The second-order valence-electron chi connectivity index (χ2n) is 5.00. The summed E-state index contributed by atoms with van der Waals surface area (Å²) in [6, 6.07) is 4.47. The van der Waals surface area contributed by atoms with Gasteiger partial charge in [-0.2, -0.15) is 30.7 Å². The van der Waals surface area contributed by atoms with Crippen molar-refractivity contribution in [1.29, 1.82) is 0 Å². The van der Waals surface area contributed by atoms with Crippen LogP contribution in [-0.2, 0) is 5.41 Å². The highest BCUT2D eigenvalue weighted by atomic mass is 19.4. The molecule has 0 heterocycles. The molecule has 0 spiro atoms. The van der Waals surface area contributed by atoms with Gasteiger partial charge in [0, 0.05) is 0 Å². The lowest BCUT2D eigenvalue weighted by Crippen LogP contribution is -2.60. The van der Waals surface area contributed by atoms with Crippen LogP contribution in [0.5, 0.6) is 5.75 Å². The zero-order valence-corrected chi connectivity index (χ0v) is 11.4. The Bertz CT molecular complexity index is 488. The average molecular weight is 318 g/mol. The molecular formula is C13H13F7O. The van der Waals surface area contributed by atoms with Crippen molar-refractivity contribution in [1.82, 2.24) is 0 Å². The summed E-state index contributed by atoms with van der Waals surface area (Å²) in [5.74, 6) is -11.2. The summed E-state index contributed by atoms with van der Waals surface area (Å²) < 4.78 is 95.5. The lowest BCUT2D eigenvalue weighted by Gasteiger charge is -2.39. The van der Waals surface area contributed by atoms with Crippen molar-refractivity contribution in [2.24, 2.45) is 0 Å². The minimum atomic E-state index is -6.35. The van der Waals surface area contributed by atoms with Crippen LogP contribution in [-0.4, -0.2) is 25.1 Å².